The van der Waals surface area contributed by atoms with Gasteiger partial charge < -0.3 is 5.32 Å². The zero-order valence-electron chi connectivity index (χ0n) is 6.81. The molecule has 0 spiro atoms. The summed E-state index contributed by atoms with van der Waals surface area (Å²) < 4.78 is 0. The van der Waals surface area contributed by atoms with Crippen molar-refractivity contribution in [2.45, 2.75) is 25.7 Å². The summed E-state index contributed by atoms with van der Waals surface area (Å²) in [5.74, 6) is 1.65. The number of hydrogen-bond acceptors (Lipinski definition) is 2. The van der Waals surface area contributed by atoms with E-state index < -0.39 is 0 Å². The van der Waals surface area contributed by atoms with E-state index in [2.05, 4.69) is 5.32 Å². The lowest BCUT2D eigenvalue weighted by molar-refractivity contribution is -0.121. The van der Waals surface area contributed by atoms with Gasteiger partial charge in [-0.1, -0.05) is 0 Å². The number of carbonyl (C=O) groups is 1. The third-order valence-electron chi connectivity index (χ3n) is 2.68. The molecule has 2 rings (SSSR count). The average Bonchev–Trinajstić information content (AvgIpc) is 2.73. The predicted octanol–water partition coefficient (Wildman–Crippen LogP) is 0.965. The number of ketones is 1. The minimum atomic E-state index is 0.468. The van der Waals surface area contributed by atoms with Crippen molar-refractivity contribution in [3.63, 3.8) is 0 Å². The molecule has 1 N–H and O–H groups in total. The summed E-state index contributed by atoms with van der Waals surface area (Å²) in [6.07, 6.45) is 4.38. The largest absolute Gasteiger partial charge is 0.316 e. The van der Waals surface area contributed by atoms with Gasteiger partial charge >= 0.3 is 0 Å². The Balaban J connectivity index is 1.74. The van der Waals surface area contributed by atoms with Crippen molar-refractivity contribution in [1.29, 1.82) is 0 Å². The van der Waals surface area contributed by atoms with Crippen molar-refractivity contribution >= 4 is 5.78 Å². The number of hydrogen-bond donors (Lipinski definition) is 1. The first-order chi connectivity index (χ1) is 5.36. The predicted molar refractivity (Wildman–Crippen MR) is 43.3 cm³/mol. The fourth-order valence-electron chi connectivity index (χ4n) is 1.75. The van der Waals surface area contributed by atoms with E-state index in [-0.39, 0.29) is 0 Å². The van der Waals surface area contributed by atoms with Gasteiger partial charge in [0.2, 0.25) is 0 Å². The Hall–Kier alpha value is -0.370. The van der Waals surface area contributed by atoms with Crippen LogP contribution in [-0.2, 0) is 4.79 Å². The van der Waals surface area contributed by atoms with Gasteiger partial charge in [-0.15, -0.1) is 0 Å². The van der Waals surface area contributed by atoms with Crippen molar-refractivity contribution in [2.75, 3.05) is 13.1 Å². The molecule has 1 saturated heterocycles. The van der Waals surface area contributed by atoms with Gasteiger partial charge in [0.15, 0.2) is 0 Å². The molecule has 2 aliphatic rings. The molecule has 1 aliphatic heterocycles. The number of carbonyl (C=O) groups excluding carboxylic acids is 1. The van der Waals surface area contributed by atoms with Crippen LogP contribution in [0.1, 0.15) is 25.7 Å². The molecule has 0 aromatic heterocycles. The summed E-state index contributed by atoms with van der Waals surface area (Å²) in [6.45, 7) is 2.18. The molecule has 2 nitrogen and oxygen atoms in total. The van der Waals surface area contributed by atoms with Gasteiger partial charge in [-0.3, -0.25) is 4.79 Å². The highest BCUT2D eigenvalue weighted by atomic mass is 16.1. The van der Waals surface area contributed by atoms with Gasteiger partial charge in [0.05, 0.1) is 0 Å². The first-order valence-corrected chi connectivity index (χ1v) is 4.59. The summed E-state index contributed by atoms with van der Waals surface area (Å²) in [7, 11) is 0. The van der Waals surface area contributed by atoms with E-state index in [4.69, 9.17) is 0 Å². The highest BCUT2D eigenvalue weighted by Crippen LogP contribution is 2.32. The lowest BCUT2D eigenvalue weighted by Crippen LogP contribution is -2.13. The standard InChI is InChI=1S/C9H15NO/c11-9(8-1-2-8)5-7-3-4-10-6-7/h7-8,10H,1-6H2/t7-/m1/s1. The molecule has 1 aliphatic carbocycles. The summed E-state index contributed by atoms with van der Waals surface area (Å²) in [6, 6.07) is 0. The van der Waals surface area contributed by atoms with Gasteiger partial charge in [0.25, 0.3) is 0 Å². The SMILES string of the molecule is O=C(C[C@H]1CCNC1)C1CC1. The smallest absolute Gasteiger partial charge is 0.136 e. The molecule has 1 atom stereocenters. The third-order valence-corrected chi connectivity index (χ3v) is 2.68. The second kappa shape index (κ2) is 2.94. The lowest BCUT2D eigenvalue weighted by atomic mass is 10.00. The van der Waals surface area contributed by atoms with Crippen molar-refractivity contribution in [3.8, 4) is 0 Å². The van der Waals surface area contributed by atoms with Crippen LogP contribution in [-0.4, -0.2) is 18.9 Å². The van der Waals surface area contributed by atoms with Crippen LogP contribution in [0.5, 0.6) is 0 Å². The van der Waals surface area contributed by atoms with Crippen LogP contribution in [0, 0.1) is 11.8 Å². The van der Waals surface area contributed by atoms with Crippen LogP contribution in [0.15, 0.2) is 0 Å². The zero-order chi connectivity index (χ0) is 7.68. The van der Waals surface area contributed by atoms with E-state index in [1.54, 1.807) is 0 Å². The van der Waals surface area contributed by atoms with Crippen LogP contribution in [0.3, 0.4) is 0 Å². The summed E-state index contributed by atoms with van der Waals surface area (Å²) in [5, 5.41) is 3.28. The molecule has 0 unspecified atom stereocenters. The molecular formula is C9H15NO. The summed E-state index contributed by atoms with van der Waals surface area (Å²) >= 11 is 0. The zero-order valence-corrected chi connectivity index (χ0v) is 6.81. The molecule has 11 heavy (non-hydrogen) atoms. The van der Waals surface area contributed by atoms with Crippen LogP contribution >= 0.6 is 0 Å². The van der Waals surface area contributed by atoms with Crippen molar-refractivity contribution in [1.82, 2.24) is 5.32 Å². The van der Waals surface area contributed by atoms with Crippen LogP contribution < -0.4 is 5.32 Å². The Kier molecular flexibility index (Phi) is 1.95. The number of nitrogens with one attached hydrogen (secondary N) is 1. The molecule has 62 valence electrons. The first kappa shape index (κ1) is 7.29. The van der Waals surface area contributed by atoms with E-state index in [1.807, 2.05) is 0 Å². The third kappa shape index (κ3) is 1.80. The van der Waals surface area contributed by atoms with Gasteiger partial charge in [0.1, 0.15) is 5.78 Å². The molecule has 2 heteroatoms. The maximum atomic E-state index is 11.3. The second-order valence-electron chi connectivity index (χ2n) is 3.80. The van der Waals surface area contributed by atoms with Crippen molar-refractivity contribution in [2.24, 2.45) is 11.8 Å². The molecule has 1 saturated carbocycles. The van der Waals surface area contributed by atoms with Gasteiger partial charge in [-0.25, -0.2) is 0 Å². The highest BCUT2D eigenvalue weighted by Gasteiger charge is 2.31. The molecular weight excluding hydrogens is 138 g/mol. The monoisotopic (exact) mass is 153 g/mol. The summed E-state index contributed by atoms with van der Waals surface area (Å²) in [5.41, 5.74) is 0. The number of rotatable bonds is 3. The van der Waals surface area contributed by atoms with Gasteiger partial charge in [-0.2, -0.15) is 0 Å². The van der Waals surface area contributed by atoms with Crippen LogP contribution in [0.2, 0.25) is 0 Å². The topological polar surface area (TPSA) is 29.1 Å². The fraction of sp³-hybridized carbons (Fsp3) is 0.889. The Morgan fingerprint density at radius 2 is 2.18 bits per heavy atom. The Bertz CT molecular complexity index is 157. The molecule has 0 bridgehead atoms. The molecule has 0 aromatic carbocycles. The highest BCUT2D eigenvalue weighted by molar-refractivity contribution is 5.83. The van der Waals surface area contributed by atoms with E-state index >= 15 is 0 Å². The maximum Gasteiger partial charge on any atom is 0.136 e. The van der Waals surface area contributed by atoms with E-state index in [1.165, 1.54) is 19.3 Å². The lowest BCUT2D eigenvalue weighted by Gasteiger charge is -2.04. The summed E-state index contributed by atoms with van der Waals surface area (Å²) in [4.78, 5) is 11.3. The average molecular weight is 153 g/mol. The van der Waals surface area contributed by atoms with Gasteiger partial charge in [0, 0.05) is 12.3 Å². The second-order valence-corrected chi connectivity index (χ2v) is 3.80. The molecule has 0 amide bonds. The molecule has 0 aromatic rings. The Morgan fingerprint density at radius 1 is 1.36 bits per heavy atom. The van der Waals surface area contributed by atoms with E-state index in [9.17, 15) is 4.79 Å². The van der Waals surface area contributed by atoms with Crippen molar-refractivity contribution in [3.05, 3.63) is 0 Å². The molecule has 0 radical (unpaired) electrons. The Morgan fingerprint density at radius 3 is 2.73 bits per heavy atom. The molecule has 2 fully saturated rings. The first-order valence-electron chi connectivity index (χ1n) is 4.59. The quantitative estimate of drug-likeness (QED) is 0.654. The van der Waals surface area contributed by atoms with Crippen LogP contribution in [0.4, 0.5) is 0 Å². The van der Waals surface area contributed by atoms with E-state index in [0.717, 1.165) is 19.5 Å². The Labute approximate surface area is 67.4 Å². The van der Waals surface area contributed by atoms with Crippen LogP contribution in [0.25, 0.3) is 0 Å². The maximum absolute atomic E-state index is 11.3. The van der Waals surface area contributed by atoms with Crippen molar-refractivity contribution < 1.29 is 4.79 Å². The normalized spacial score (nSPS) is 30.7. The minimum Gasteiger partial charge on any atom is -0.316 e. The number of Topliss-reactive ketones (excluding diaryl/α,β-unsaturated/α-hetero) is 1. The van der Waals surface area contributed by atoms with E-state index in [0.29, 0.717) is 17.6 Å². The fourth-order valence-corrected chi connectivity index (χ4v) is 1.75. The van der Waals surface area contributed by atoms with Gasteiger partial charge in [-0.05, 0) is 38.3 Å². The molecule has 1 heterocycles. The minimum absolute atomic E-state index is 0.468.